The highest BCUT2D eigenvalue weighted by atomic mass is 19.4. The largest absolute Gasteiger partial charge is 0.433 e. The Morgan fingerprint density at radius 1 is 1.35 bits per heavy atom. The molecule has 2 rings (SSSR count). The molecule has 0 spiro atoms. The minimum atomic E-state index is -4.84. The van der Waals surface area contributed by atoms with Crippen LogP contribution in [0, 0.1) is 15.9 Å². The molecule has 0 aromatic carbocycles. The summed E-state index contributed by atoms with van der Waals surface area (Å²) in [4.78, 5) is 13.2. The lowest BCUT2D eigenvalue weighted by atomic mass is 9.92. The molecule has 20 heavy (non-hydrogen) atoms. The molecule has 1 aliphatic heterocycles. The third-order valence-corrected chi connectivity index (χ3v) is 3.17. The molecular formula is C11H11F4N3O2. The smallest absolute Gasteiger partial charge is 0.317 e. The highest BCUT2D eigenvalue weighted by molar-refractivity contribution is 5.41. The minimum absolute atomic E-state index is 0.0721. The summed E-state index contributed by atoms with van der Waals surface area (Å²) in [5.41, 5.74) is -2.80. The van der Waals surface area contributed by atoms with Crippen LogP contribution < -0.4 is 5.32 Å². The van der Waals surface area contributed by atoms with Crippen LogP contribution in [0.1, 0.15) is 30.1 Å². The predicted molar refractivity (Wildman–Crippen MR) is 60.7 cm³/mol. The van der Waals surface area contributed by atoms with Crippen LogP contribution in [0.4, 0.5) is 23.2 Å². The number of nitro groups is 1. The molecule has 1 N–H and O–H groups in total. The number of nitrogens with zero attached hydrogens (tertiary/aromatic N) is 2. The van der Waals surface area contributed by atoms with Gasteiger partial charge in [-0.15, -0.1) is 0 Å². The first-order chi connectivity index (χ1) is 9.30. The van der Waals surface area contributed by atoms with E-state index in [1.807, 2.05) is 0 Å². The number of pyridine rings is 1. The summed E-state index contributed by atoms with van der Waals surface area (Å²) in [7, 11) is 0. The van der Waals surface area contributed by atoms with Gasteiger partial charge in [-0.05, 0) is 25.9 Å². The second-order valence-corrected chi connectivity index (χ2v) is 4.50. The monoisotopic (exact) mass is 293 g/mol. The summed E-state index contributed by atoms with van der Waals surface area (Å²) < 4.78 is 51.6. The Bertz CT molecular complexity index is 527. The highest BCUT2D eigenvalue weighted by Gasteiger charge is 2.38. The number of rotatable bonds is 2. The van der Waals surface area contributed by atoms with E-state index in [2.05, 4.69) is 10.3 Å². The fraction of sp³-hybridized carbons (Fsp3) is 0.545. The average molecular weight is 293 g/mol. The summed E-state index contributed by atoms with van der Waals surface area (Å²) >= 11 is 0. The molecule has 0 amide bonds. The second kappa shape index (κ2) is 5.31. The number of piperidine rings is 1. The lowest BCUT2D eigenvalue weighted by Gasteiger charge is -2.22. The van der Waals surface area contributed by atoms with E-state index in [-0.39, 0.29) is 6.07 Å². The van der Waals surface area contributed by atoms with Crippen LogP contribution in [0.3, 0.4) is 0 Å². The first kappa shape index (κ1) is 14.6. The van der Waals surface area contributed by atoms with E-state index in [1.54, 1.807) is 0 Å². The van der Waals surface area contributed by atoms with Gasteiger partial charge in [-0.25, -0.2) is 4.98 Å². The molecule has 1 aliphatic rings. The first-order valence-electron chi connectivity index (χ1n) is 5.93. The molecule has 1 fully saturated rings. The van der Waals surface area contributed by atoms with Crippen molar-refractivity contribution in [3.05, 3.63) is 33.4 Å². The van der Waals surface area contributed by atoms with E-state index in [9.17, 15) is 27.7 Å². The van der Waals surface area contributed by atoms with Crippen molar-refractivity contribution in [2.75, 3.05) is 13.1 Å². The summed E-state index contributed by atoms with van der Waals surface area (Å²) in [5, 5.41) is 13.9. The third kappa shape index (κ3) is 2.87. The average Bonchev–Trinajstić information content (AvgIpc) is 2.37. The molecule has 5 nitrogen and oxygen atoms in total. The Hall–Kier alpha value is -1.77. The number of hydrogen-bond donors (Lipinski definition) is 1. The molecule has 0 atom stereocenters. The first-order valence-corrected chi connectivity index (χ1v) is 5.93. The predicted octanol–water partition coefficient (Wildman–Crippen LogP) is 2.61. The quantitative estimate of drug-likeness (QED) is 0.517. The van der Waals surface area contributed by atoms with Crippen LogP contribution in [0.5, 0.6) is 0 Å². The Labute approximate surface area is 111 Å². The molecule has 2 heterocycles. The maximum Gasteiger partial charge on any atom is 0.433 e. The fourth-order valence-corrected chi connectivity index (χ4v) is 2.23. The van der Waals surface area contributed by atoms with Gasteiger partial charge < -0.3 is 5.32 Å². The van der Waals surface area contributed by atoms with Crippen LogP contribution in [-0.2, 0) is 6.18 Å². The maximum atomic E-state index is 13.6. The van der Waals surface area contributed by atoms with Crippen LogP contribution in [0.15, 0.2) is 6.07 Å². The van der Waals surface area contributed by atoms with Gasteiger partial charge >= 0.3 is 11.9 Å². The van der Waals surface area contributed by atoms with E-state index in [0.717, 1.165) is 0 Å². The number of nitrogens with one attached hydrogen (secondary N) is 1. The van der Waals surface area contributed by atoms with Crippen molar-refractivity contribution in [1.82, 2.24) is 10.3 Å². The van der Waals surface area contributed by atoms with Gasteiger partial charge in [-0.2, -0.15) is 17.6 Å². The molecule has 9 heteroatoms. The molecule has 0 unspecified atom stereocenters. The molecule has 0 bridgehead atoms. The molecule has 0 saturated carbocycles. The van der Waals surface area contributed by atoms with Crippen molar-refractivity contribution < 1.29 is 22.5 Å². The van der Waals surface area contributed by atoms with Gasteiger partial charge in [-0.1, -0.05) is 0 Å². The van der Waals surface area contributed by atoms with Gasteiger partial charge in [0, 0.05) is 12.0 Å². The fourth-order valence-electron chi connectivity index (χ4n) is 2.23. The van der Waals surface area contributed by atoms with Crippen molar-refractivity contribution in [3.8, 4) is 0 Å². The molecular weight excluding hydrogens is 282 g/mol. The summed E-state index contributed by atoms with van der Waals surface area (Å²) in [6, 6.07) is 0.0721. The Morgan fingerprint density at radius 2 is 1.95 bits per heavy atom. The van der Waals surface area contributed by atoms with Crippen molar-refractivity contribution in [2.24, 2.45) is 0 Å². The minimum Gasteiger partial charge on any atom is -0.317 e. The second-order valence-electron chi connectivity index (χ2n) is 4.50. The number of halogens is 4. The zero-order valence-corrected chi connectivity index (χ0v) is 10.2. The van der Waals surface area contributed by atoms with Gasteiger partial charge in [0.2, 0.25) is 5.82 Å². The summed E-state index contributed by atoms with van der Waals surface area (Å²) in [6.45, 7) is 1.00. The van der Waals surface area contributed by atoms with Crippen molar-refractivity contribution in [1.29, 1.82) is 0 Å². The maximum absolute atomic E-state index is 13.6. The molecule has 110 valence electrons. The Balaban J connectivity index is 2.55. The lowest BCUT2D eigenvalue weighted by Crippen LogP contribution is -2.28. The topological polar surface area (TPSA) is 68.1 Å². The van der Waals surface area contributed by atoms with Gasteiger partial charge in [0.05, 0.1) is 4.92 Å². The lowest BCUT2D eigenvalue weighted by molar-refractivity contribution is -0.388. The van der Waals surface area contributed by atoms with E-state index >= 15 is 0 Å². The Morgan fingerprint density at radius 3 is 2.45 bits per heavy atom. The van der Waals surface area contributed by atoms with Crippen LogP contribution in [-0.4, -0.2) is 23.0 Å². The van der Waals surface area contributed by atoms with E-state index < -0.39 is 39.9 Å². The van der Waals surface area contributed by atoms with Gasteiger partial charge in [0.15, 0.2) is 0 Å². The molecule has 0 aliphatic carbocycles. The zero-order valence-electron chi connectivity index (χ0n) is 10.2. The van der Waals surface area contributed by atoms with Gasteiger partial charge in [-0.3, -0.25) is 10.1 Å². The highest BCUT2D eigenvalue weighted by Crippen LogP contribution is 2.37. The standard InChI is InChI=1S/C11H11F4N3O2/c12-7-5-8(11(13,14)15)17-9(10(7)18(19)20)6-1-3-16-4-2-6/h5-6,16H,1-4H2. The van der Waals surface area contributed by atoms with Crippen LogP contribution >= 0.6 is 0 Å². The molecule has 1 aromatic rings. The van der Waals surface area contributed by atoms with Crippen molar-refractivity contribution >= 4 is 5.69 Å². The summed E-state index contributed by atoms with van der Waals surface area (Å²) in [6.07, 6.45) is -4.07. The van der Waals surface area contributed by atoms with E-state index in [0.29, 0.717) is 25.9 Å². The normalized spacial score (nSPS) is 17.2. The van der Waals surface area contributed by atoms with Crippen molar-refractivity contribution in [3.63, 3.8) is 0 Å². The zero-order chi connectivity index (χ0) is 14.9. The number of aromatic nitrogens is 1. The number of alkyl halides is 3. The Kier molecular flexibility index (Phi) is 3.89. The van der Waals surface area contributed by atoms with Crippen molar-refractivity contribution in [2.45, 2.75) is 24.9 Å². The van der Waals surface area contributed by atoms with E-state index in [1.165, 1.54) is 0 Å². The summed E-state index contributed by atoms with van der Waals surface area (Å²) in [5.74, 6) is -2.04. The molecule has 0 radical (unpaired) electrons. The van der Waals surface area contributed by atoms with E-state index in [4.69, 9.17) is 0 Å². The third-order valence-electron chi connectivity index (χ3n) is 3.17. The molecule has 1 saturated heterocycles. The van der Waals surface area contributed by atoms with Gasteiger partial charge in [0.1, 0.15) is 11.4 Å². The van der Waals surface area contributed by atoms with Gasteiger partial charge in [0.25, 0.3) is 0 Å². The SMILES string of the molecule is O=[N+]([O-])c1c(F)cc(C(F)(F)F)nc1C1CCNCC1. The number of hydrogen-bond acceptors (Lipinski definition) is 4. The molecule has 1 aromatic heterocycles. The van der Waals surface area contributed by atoms with Crippen LogP contribution in [0.25, 0.3) is 0 Å². The van der Waals surface area contributed by atoms with Crippen LogP contribution in [0.2, 0.25) is 0 Å².